The molecule has 5 N–H and O–H groups in total. The van der Waals surface area contributed by atoms with Crippen molar-refractivity contribution < 1.29 is 19.8 Å². The lowest BCUT2D eigenvalue weighted by Crippen LogP contribution is -2.40. The van der Waals surface area contributed by atoms with Crippen LogP contribution in [0.25, 0.3) is 0 Å². The molecule has 1 amide bonds. The second-order valence-corrected chi connectivity index (χ2v) is 6.64. The second kappa shape index (κ2) is 25.1. The van der Waals surface area contributed by atoms with E-state index in [9.17, 15) is 9.59 Å². The Balaban J connectivity index is -0.00000134. The lowest BCUT2D eigenvalue weighted by Gasteiger charge is -2.14. The Kier molecular flexibility index (Phi) is 28.7. The average Bonchev–Trinajstić information content (AvgIpc) is 2.60. The predicted molar refractivity (Wildman–Crippen MR) is 114 cm³/mol. The third-order valence-corrected chi connectivity index (χ3v) is 4.09. The van der Waals surface area contributed by atoms with Crippen molar-refractivity contribution in [2.75, 3.05) is 13.2 Å². The molecule has 0 rings (SSSR count). The van der Waals surface area contributed by atoms with Crippen molar-refractivity contribution in [3.05, 3.63) is 0 Å². The molecule has 0 fully saturated rings. The van der Waals surface area contributed by atoms with Gasteiger partial charge in [-0.3, -0.25) is 4.79 Å². The van der Waals surface area contributed by atoms with Gasteiger partial charge in [-0.2, -0.15) is 0 Å². The number of carbonyl (C=O) groups is 2. The first-order valence-corrected chi connectivity index (χ1v) is 10.4. The van der Waals surface area contributed by atoms with Crippen LogP contribution in [0.2, 0.25) is 0 Å². The molecule has 7 heteroatoms. The van der Waals surface area contributed by atoms with Gasteiger partial charge in [-0.05, 0) is 39.2 Å². The van der Waals surface area contributed by atoms with Crippen LogP contribution in [0, 0.1) is 0 Å². The Morgan fingerprint density at radius 2 is 1.37 bits per heavy atom. The SMILES string of the molecule is CCCCCCCCCCCC(=O)NC(CCCCN)C(=O)O.CCO.Cl. The van der Waals surface area contributed by atoms with Crippen LogP contribution in [-0.2, 0) is 9.59 Å². The first-order valence-electron chi connectivity index (χ1n) is 10.4. The lowest BCUT2D eigenvalue weighted by atomic mass is 10.1. The number of hydrogen-bond donors (Lipinski definition) is 4. The highest BCUT2D eigenvalue weighted by Crippen LogP contribution is 2.10. The van der Waals surface area contributed by atoms with Crippen molar-refractivity contribution in [1.29, 1.82) is 0 Å². The van der Waals surface area contributed by atoms with Crippen LogP contribution in [0.1, 0.15) is 97.3 Å². The summed E-state index contributed by atoms with van der Waals surface area (Å²) in [4.78, 5) is 22.9. The summed E-state index contributed by atoms with van der Waals surface area (Å²) in [6, 6.07) is -0.771. The number of unbranched alkanes of at least 4 members (excludes halogenated alkanes) is 9. The zero-order valence-electron chi connectivity index (χ0n) is 17.4. The molecule has 0 heterocycles. The van der Waals surface area contributed by atoms with Gasteiger partial charge in [-0.25, -0.2) is 4.79 Å². The standard InChI is InChI=1S/C18H36N2O3.C2H6O.ClH/c1-2-3-4-5-6-7-8-9-10-14-17(21)20-16(18(22)23)13-11-12-15-19;1-2-3;/h16H,2-15,19H2,1H3,(H,20,21)(H,22,23);3H,2H2,1H3;1H. The Bertz CT molecular complexity index is 331. The zero-order valence-corrected chi connectivity index (χ0v) is 18.2. The van der Waals surface area contributed by atoms with Gasteiger partial charge in [0.05, 0.1) is 0 Å². The first kappa shape index (κ1) is 30.9. The molecule has 1 unspecified atom stereocenters. The molecule has 164 valence electrons. The van der Waals surface area contributed by atoms with Crippen molar-refractivity contribution in [3.63, 3.8) is 0 Å². The topological polar surface area (TPSA) is 113 Å². The van der Waals surface area contributed by atoms with Gasteiger partial charge in [0, 0.05) is 13.0 Å². The number of halogens is 1. The van der Waals surface area contributed by atoms with E-state index in [1.807, 2.05) is 0 Å². The Hall–Kier alpha value is -0.850. The third-order valence-electron chi connectivity index (χ3n) is 4.09. The smallest absolute Gasteiger partial charge is 0.326 e. The average molecular weight is 411 g/mol. The van der Waals surface area contributed by atoms with Crippen LogP contribution in [-0.4, -0.2) is 41.3 Å². The van der Waals surface area contributed by atoms with Crippen LogP contribution >= 0.6 is 12.4 Å². The van der Waals surface area contributed by atoms with Gasteiger partial charge in [0.1, 0.15) is 6.04 Å². The van der Waals surface area contributed by atoms with Crippen molar-refractivity contribution in [3.8, 4) is 0 Å². The monoisotopic (exact) mass is 410 g/mol. The third kappa shape index (κ3) is 25.2. The lowest BCUT2D eigenvalue weighted by molar-refractivity contribution is -0.142. The molecular formula is C20H43ClN2O4. The molecule has 1 atom stereocenters. The number of carboxylic acid groups (broad SMARTS) is 1. The van der Waals surface area contributed by atoms with E-state index in [4.69, 9.17) is 15.9 Å². The molecule has 0 spiro atoms. The van der Waals surface area contributed by atoms with Crippen molar-refractivity contribution in [1.82, 2.24) is 5.32 Å². The van der Waals surface area contributed by atoms with Gasteiger partial charge in [0.15, 0.2) is 0 Å². The highest BCUT2D eigenvalue weighted by Gasteiger charge is 2.18. The van der Waals surface area contributed by atoms with Gasteiger partial charge in [0.25, 0.3) is 0 Å². The summed E-state index contributed by atoms with van der Waals surface area (Å²) in [5.41, 5.74) is 5.40. The molecule has 0 aliphatic carbocycles. The first-order chi connectivity index (χ1) is 12.5. The summed E-state index contributed by atoms with van der Waals surface area (Å²) in [5, 5.41) is 19.3. The maximum absolute atomic E-state index is 11.8. The predicted octanol–water partition coefficient (Wildman–Crippen LogP) is 4.03. The van der Waals surface area contributed by atoms with E-state index in [2.05, 4.69) is 12.2 Å². The number of hydrogen-bond acceptors (Lipinski definition) is 4. The fraction of sp³-hybridized carbons (Fsp3) is 0.900. The van der Waals surface area contributed by atoms with Crippen LogP contribution in [0.3, 0.4) is 0 Å². The Labute approximate surface area is 172 Å². The van der Waals surface area contributed by atoms with E-state index in [0.717, 1.165) is 32.1 Å². The summed E-state index contributed by atoms with van der Waals surface area (Å²) < 4.78 is 0. The van der Waals surface area contributed by atoms with Crippen molar-refractivity contribution in [2.24, 2.45) is 5.73 Å². The summed E-state index contributed by atoms with van der Waals surface area (Å²) >= 11 is 0. The normalized spacial score (nSPS) is 11.0. The summed E-state index contributed by atoms with van der Waals surface area (Å²) in [7, 11) is 0. The molecule has 0 saturated heterocycles. The number of aliphatic hydroxyl groups excluding tert-OH is 1. The summed E-state index contributed by atoms with van der Waals surface area (Å²) in [6.07, 6.45) is 13.2. The molecule has 0 bridgehead atoms. The number of aliphatic hydroxyl groups is 1. The van der Waals surface area contributed by atoms with Gasteiger partial charge in [0.2, 0.25) is 5.91 Å². The van der Waals surface area contributed by atoms with E-state index in [0.29, 0.717) is 19.4 Å². The Morgan fingerprint density at radius 1 is 0.889 bits per heavy atom. The van der Waals surface area contributed by atoms with E-state index in [1.165, 1.54) is 38.5 Å². The number of carboxylic acids is 1. The summed E-state index contributed by atoms with van der Waals surface area (Å²) in [5.74, 6) is -1.10. The fourth-order valence-electron chi connectivity index (χ4n) is 2.61. The maximum atomic E-state index is 11.8. The van der Waals surface area contributed by atoms with Gasteiger partial charge < -0.3 is 21.3 Å². The minimum absolute atomic E-state index is 0. The molecule has 0 aromatic heterocycles. The number of nitrogens with one attached hydrogen (secondary N) is 1. The molecule has 27 heavy (non-hydrogen) atoms. The van der Waals surface area contributed by atoms with E-state index in [1.54, 1.807) is 6.92 Å². The second-order valence-electron chi connectivity index (χ2n) is 6.64. The molecule has 0 aromatic carbocycles. The minimum Gasteiger partial charge on any atom is -0.480 e. The highest BCUT2D eigenvalue weighted by molar-refractivity contribution is 5.85. The zero-order chi connectivity index (χ0) is 20.0. The maximum Gasteiger partial charge on any atom is 0.326 e. The largest absolute Gasteiger partial charge is 0.480 e. The van der Waals surface area contributed by atoms with Gasteiger partial charge >= 0.3 is 5.97 Å². The highest BCUT2D eigenvalue weighted by atomic mass is 35.5. The van der Waals surface area contributed by atoms with Crippen LogP contribution < -0.4 is 11.1 Å². The number of amides is 1. The molecule has 6 nitrogen and oxygen atoms in total. The number of rotatable bonds is 16. The van der Waals surface area contributed by atoms with Crippen LogP contribution in [0.5, 0.6) is 0 Å². The molecular weight excluding hydrogens is 368 g/mol. The number of nitrogens with two attached hydrogens (primary N) is 1. The fourth-order valence-corrected chi connectivity index (χ4v) is 2.61. The minimum atomic E-state index is -0.956. The summed E-state index contributed by atoms with van der Waals surface area (Å²) in [6.45, 7) is 4.71. The van der Waals surface area contributed by atoms with E-state index < -0.39 is 12.0 Å². The molecule has 0 aromatic rings. The van der Waals surface area contributed by atoms with E-state index >= 15 is 0 Å². The molecule has 0 aliphatic rings. The quantitative estimate of drug-likeness (QED) is 0.287. The van der Waals surface area contributed by atoms with Crippen LogP contribution in [0.15, 0.2) is 0 Å². The van der Waals surface area contributed by atoms with Crippen LogP contribution in [0.4, 0.5) is 0 Å². The van der Waals surface area contributed by atoms with Crippen molar-refractivity contribution >= 4 is 24.3 Å². The number of aliphatic carboxylic acids is 1. The van der Waals surface area contributed by atoms with Gasteiger partial charge in [-0.15, -0.1) is 12.4 Å². The van der Waals surface area contributed by atoms with E-state index in [-0.39, 0.29) is 24.9 Å². The molecule has 0 aliphatic heterocycles. The Morgan fingerprint density at radius 3 is 1.81 bits per heavy atom. The van der Waals surface area contributed by atoms with Gasteiger partial charge in [-0.1, -0.05) is 58.3 Å². The molecule has 0 radical (unpaired) electrons. The van der Waals surface area contributed by atoms with Crippen molar-refractivity contribution in [2.45, 2.75) is 103 Å². The number of carbonyl (C=O) groups excluding carboxylic acids is 1. The molecule has 0 saturated carbocycles.